The van der Waals surface area contributed by atoms with Gasteiger partial charge in [-0.2, -0.15) is 0 Å². The van der Waals surface area contributed by atoms with Gasteiger partial charge in [0.15, 0.2) is 0 Å². The number of ether oxygens (including phenoxy) is 2. The van der Waals surface area contributed by atoms with Crippen LogP contribution < -0.4 is 15.4 Å². The molecule has 0 spiro atoms. The summed E-state index contributed by atoms with van der Waals surface area (Å²) in [7, 11) is 1.57. The normalized spacial score (nSPS) is 18.8. The maximum atomic E-state index is 12.3. The number of carbonyl (C=O) groups is 1. The lowest BCUT2D eigenvalue weighted by Gasteiger charge is -2.30. The molecule has 8 heteroatoms. The maximum absolute atomic E-state index is 12.3. The molecule has 2 N–H and O–H groups in total. The molecule has 3 aliphatic rings. The van der Waals surface area contributed by atoms with E-state index in [9.17, 15) is 4.79 Å². The van der Waals surface area contributed by atoms with E-state index in [0.717, 1.165) is 90.9 Å². The molecule has 2 saturated carbocycles. The highest BCUT2D eigenvalue weighted by Gasteiger charge is 2.28. The molecule has 6 rings (SSSR count). The summed E-state index contributed by atoms with van der Waals surface area (Å²) in [5.41, 5.74) is 5.13. The van der Waals surface area contributed by atoms with Crippen LogP contribution in [0.15, 0.2) is 47.6 Å². The van der Waals surface area contributed by atoms with E-state index in [0.29, 0.717) is 12.1 Å². The highest BCUT2D eigenvalue weighted by molar-refractivity contribution is 6.07. The monoisotopic (exact) mass is 516 g/mol. The third-order valence-corrected chi connectivity index (χ3v) is 8.07. The van der Waals surface area contributed by atoms with Crippen LogP contribution in [0, 0.1) is 0 Å². The summed E-state index contributed by atoms with van der Waals surface area (Å²) in [5.74, 6) is 0.890. The second kappa shape index (κ2) is 11.1. The molecule has 3 fully saturated rings. The first-order chi connectivity index (χ1) is 18.7. The molecule has 0 atom stereocenters. The lowest BCUT2D eigenvalue weighted by atomic mass is 9.92. The van der Waals surface area contributed by atoms with Crippen LogP contribution in [0.3, 0.4) is 0 Å². The van der Waals surface area contributed by atoms with Crippen LogP contribution in [0.5, 0.6) is 5.75 Å². The Bertz CT molecular complexity index is 1300. The average Bonchev–Trinajstić information content (AvgIpc) is 3.18. The van der Waals surface area contributed by atoms with Gasteiger partial charge in [0.1, 0.15) is 19.0 Å². The number of anilines is 1. The molecular weight excluding hydrogens is 480 g/mol. The number of urea groups is 1. The van der Waals surface area contributed by atoms with Crippen LogP contribution in [0.4, 0.5) is 10.5 Å². The lowest BCUT2D eigenvalue weighted by molar-refractivity contribution is 0.0256. The smallest absolute Gasteiger partial charge is 0.319 e. The first kappa shape index (κ1) is 24.8. The van der Waals surface area contributed by atoms with Gasteiger partial charge in [-0.3, -0.25) is 0 Å². The topological polar surface area (TPSA) is 86.1 Å². The van der Waals surface area contributed by atoms with E-state index in [1.54, 1.807) is 7.11 Å². The molecule has 0 radical (unpaired) electrons. The number of oxime groups is 1. The van der Waals surface area contributed by atoms with Gasteiger partial charge in [-0.05, 0) is 68.4 Å². The van der Waals surface area contributed by atoms with E-state index < -0.39 is 0 Å². The van der Waals surface area contributed by atoms with E-state index in [2.05, 4.69) is 50.7 Å². The molecule has 8 nitrogen and oxygen atoms in total. The van der Waals surface area contributed by atoms with Gasteiger partial charge in [-0.25, -0.2) is 4.79 Å². The molecule has 0 unspecified atom stereocenters. The van der Waals surface area contributed by atoms with Crippen molar-refractivity contribution in [1.82, 2.24) is 9.88 Å². The Balaban J connectivity index is 1.36. The Morgan fingerprint density at radius 1 is 1.03 bits per heavy atom. The van der Waals surface area contributed by atoms with E-state index >= 15 is 0 Å². The first-order valence-corrected chi connectivity index (χ1v) is 13.9. The van der Waals surface area contributed by atoms with Crippen molar-refractivity contribution in [3.8, 4) is 17.0 Å². The number of amides is 2. The standard InChI is InChI=1S/C30H36N4O4/c1-36-31-19-27-26-13-12-25(38-24-14-16-37-17-15-24)18-28(26)34(23-6-3-7-23)29(27)20-8-10-22(11-9-20)33-30(35)32-21-4-2-5-21/h8-13,18-19,21,23-24H,2-7,14-17H2,1H3,(H2,32,33,35). The van der Waals surface area contributed by atoms with Crippen molar-refractivity contribution >= 4 is 28.8 Å². The fraction of sp³-hybridized carbons (Fsp3) is 0.467. The predicted octanol–water partition coefficient (Wildman–Crippen LogP) is 6.25. The van der Waals surface area contributed by atoms with Gasteiger partial charge >= 0.3 is 6.03 Å². The Kier molecular flexibility index (Phi) is 7.22. The second-order valence-corrected chi connectivity index (χ2v) is 10.5. The maximum Gasteiger partial charge on any atom is 0.319 e. The van der Waals surface area contributed by atoms with Crippen molar-refractivity contribution in [2.45, 2.75) is 69.6 Å². The van der Waals surface area contributed by atoms with Gasteiger partial charge in [-0.1, -0.05) is 17.3 Å². The summed E-state index contributed by atoms with van der Waals surface area (Å²) in [6.07, 6.45) is 10.6. The lowest BCUT2D eigenvalue weighted by Crippen LogP contribution is -2.41. The van der Waals surface area contributed by atoms with Crippen LogP contribution in [0.1, 0.15) is 63.0 Å². The molecule has 0 bridgehead atoms. The van der Waals surface area contributed by atoms with Gasteiger partial charge in [0.05, 0.1) is 30.6 Å². The Labute approximate surface area is 223 Å². The van der Waals surface area contributed by atoms with Crippen LogP contribution in [-0.4, -0.2) is 49.3 Å². The third kappa shape index (κ3) is 5.10. The number of carbonyl (C=O) groups excluding carboxylic acids is 1. The van der Waals surface area contributed by atoms with E-state index in [-0.39, 0.29) is 12.1 Å². The molecular formula is C30H36N4O4. The van der Waals surface area contributed by atoms with Gasteiger partial charge in [0.2, 0.25) is 0 Å². The Hall–Kier alpha value is -3.52. The van der Waals surface area contributed by atoms with Crippen molar-refractivity contribution in [3.63, 3.8) is 0 Å². The first-order valence-electron chi connectivity index (χ1n) is 13.9. The number of hydrogen-bond acceptors (Lipinski definition) is 5. The molecule has 1 saturated heterocycles. The highest BCUT2D eigenvalue weighted by Crippen LogP contribution is 2.43. The number of nitrogens with zero attached hydrogens (tertiary/aromatic N) is 2. The van der Waals surface area contributed by atoms with Gasteiger partial charge in [-0.15, -0.1) is 0 Å². The Morgan fingerprint density at radius 3 is 2.45 bits per heavy atom. The highest BCUT2D eigenvalue weighted by atomic mass is 16.6. The summed E-state index contributed by atoms with van der Waals surface area (Å²) in [4.78, 5) is 17.4. The number of hydrogen-bond donors (Lipinski definition) is 2. The van der Waals surface area contributed by atoms with Crippen molar-refractivity contribution in [1.29, 1.82) is 0 Å². The third-order valence-electron chi connectivity index (χ3n) is 8.07. The van der Waals surface area contributed by atoms with Crippen molar-refractivity contribution in [2.75, 3.05) is 25.6 Å². The number of nitrogens with one attached hydrogen (secondary N) is 2. The van der Waals surface area contributed by atoms with Gasteiger partial charge in [0, 0.05) is 47.6 Å². The van der Waals surface area contributed by atoms with Crippen LogP contribution in [0.2, 0.25) is 0 Å². The molecule has 200 valence electrons. The molecule has 2 aliphatic carbocycles. The van der Waals surface area contributed by atoms with Crippen LogP contribution in [0.25, 0.3) is 22.2 Å². The summed E-state index contributed by atoms with van der Waals surface area (Å²) in [6, 6.07) is 15.0. The fourth-order valence-corrected chi connectivity index (χ4v) is 5.55. The summed E-state index contributed by atoms with van der Waals surface area (Å²) >= 11 is 0. The quantitative estimate of drug-likeness (QED) is 0.274. The zero-order chi connectivity index (χ0) is 25.9. The largest absolute Gasteiger partial charge is 0.490 e. The van der Waals surface area contributed by atoms with Crippen LogP contribution in [-0.2, 0) is 9.57 Å². The molecule has 38 heavy (non-hydrogen) atoms. The number of fused-ring (bicyclic) bond motifs is 1. The molecule has 2 heterocycles. The summed E-state index contributed by atoms with van der Waals surface area (Å²) in [6.45, 7) is 1.50. The average molecular weight is 517 g/mol. The van der Waals surface area contributed by atoms with E-state index in [1.165, 1.54) is 12.8 Å². The SMILES string of the molecule is CON=Cc1c(-c2ccc(NC(=O)NC3CCC3)cc2)n(C2CCC2)c2cc(OC3CCOCC3)ccc12. The second-order valence-electron chi connectivity index (χ2n) is 10.5. The van der Waals surface area contributed by atoms with E-state index in [4.69, 9.17) is 14.3 Å². The summed E-state index contributed by atoms with van der Waals surface area (Å²) < 4.78 is 14.3. The van der Waals surface area contributed by atoms with Gasteiger partial charge < -0.3 is 29.5 Å². The minimum atomic E-state index is -0.143. The number of aromatic nitrogens is 1. The van der Waals surface area contributed by atoms with Gasteiger partial charge in [0.25, 0.3) is 0 Å². The molecule has 1 aliphatic heterocycles. The van der Waals surface area contributed by atoms with E-state index in [1.807, 2.05) is 18.3 Å². The zero-order valence-electron chi connectivity index (χ0n) is 21.9. The number of benzene rings is 2. The molecule has 1 aromatic heterocycles. The molecule has 2 aromatic carbocycles. The molecule has 3 aromatic rings. The molecule has 2 amide bonds. The van der Waals surface area contributed by atoms with Crippen LogP contribution >= 0.6 is 0 Å². The van der Waals surface area contributed by atoms with Crippen molar-refractivity contribution in [2.24, 2.45) is 5.16 Å². The summed E-state index contributed by atoms with van der Waals surface area (Å²) in [5, 5.41) is 11.3. The Morgan fingerprint density at radius 2 is 1.79 bits per heavy atom. The minimum absolute atomic E-state index is 0.143. The van der Waals surface area contributed by atoms with Crippen molar-refractivity contribution in [3.05, 3.63) is 48.0 Å². The zero-order valence-corrected chi connectivity index (χ0v) is 21.9. The van der Waals surface area contributed by atoms with Crippen molar-refractivity contribution < 1.29 is 19.1 Å². The predicted molar refractivity (Wildman–Crippen MR) is 149 cm³/mol. The minimum Gasteiger partial charge on any atom is -0.490 e. The fourth-order valence-electron chi connectivity index (χ4n) is 5.55. The number of rotatable bonds is 8.